The summed E-state index contributed by atoms with van der Waals surface area (Å²) in [7, 11) is 1.51. The van der Waals surface area contributed by atoms with Crippen molar-refractivity contribution < 1.29 is 19.2 Å². The Morgan fingerprint density at radius 3 is 2.43 bits per heavy atom. The minimum Gasteiger partial charge on any atom is -0.495 e. The molecule has 3 rings (SSSR count). The number of carbonyl (C=O) groups excluding carboxylic acids is 1. The summed E-state index contributed by atoms with van der Waals surface area (Å²) in [4.78, 5) is 27.9. The lowest BCUT2D eigenvalue weighted by molar-refractivity contribution is -0.390. The minimum atomic E-state index is -1.14. The maximum atomic E-state index is 13.2. The van der Waals surface area contributed by atoms with Crippen molar-refractivity contribution in [3.63, 3.8) is 0 Å². The fraction of sp³-hybridized carbons (Fsp3) is 0.182. The molecule has 1 amide bonds. The normalized spacial score (nSPS) is 11.4. The fourth-order valence-corrected chi connectivity index (χ4v) is 2.90. The van der Waals surface area contributed by atoms with Gasteiger partial charge in [0.1, 0.15) is 11.4 Å². The molecule has 154 valence electrons. The quantitative estimate of drug-likeness (QED) is 0.461. The molecule has 0 radical (unpaired) electrons. The molecule has 8 nitrogen and oxygen atoms in total. The van der Waals surface area contributed by atoms with Crippen molar-refractivity contribution in [2.75, 3.05) is 12.4 Å². The van der Waals surface area contributed by atoms with Crippen LogP contribution in [0.4, 0.5) is 11.5 Å². The van der Waals surface area contributed by atoms with Gasteiger partial charge < -0.3 is 24.9 Å². The third kappa shape index (κ3) is 4.72. The first-order valence-electron chi connectivity index (χ1n) is 9.18. The van der Waals surface area contributed by atoms with E-state index in [0.29, 0.717) is 22.7 Å². The second-order valence-electron chi connectivity index (χ2n) is 6.63. The standard InChI is InChI=1S/C22H21N3O5/c1-14-9-11-18(29-3)17(13-14)24-22(26)20(16-7-5-4-6-8-16)30-19-12-10-15(2)23-21(19)25(27)28/h4-13,20H,1-3H3,(H,24,26). The van der Waals surface area contributed by atoms with Crippen molar-refractivity contribution in [1.29, 1.82) is 0 Å². The molecule has 0 fully saturated rings. The molecule has 2 aromatic carbocycles. The van der Waals surface area contributed by atoms with Gasteiger partial charge in [-0.2, -0.15) is 0 Å². The van der Waals surface area contributed by atoms with Crippen molar-refractivity contribution in [2.24, 2.45) is 0 Å². The van der Waals surface area contributed by atoms with Crippen LogP contribution in [0.25, 0.3) is 0 Å². The summed E-state index contributed by atoms with van der Waals surface area (Å²) >= 11 is 0. The van der Waals surface area contributed by atoms with Crippen molar-refractivity contribution in [1.82, 2.24) is 4.98 Å². The summed E-state index contributed by atoms with van der Waals surface area (Å²) in [6, 6.07) is 17.2. The number of amides is 1. The van der Waals surface area contributed by atoms with Gasteiger partial charge >= 0.3 is 5.82 Å². The number of anilines is 1. The molecule has 1 heterocycles. The molecule has 0 aliphatic rings. The molecule has 0 bridgehead atoms. The van der Waals surface area contributed by atoms with E-state index in [-0.39, 0.29) is 5.75 Å². The molecular weight excluding hydrogens is 386 g/mol. The zero-order valence-corrected chi connectivity index (χ0v) is 16.8. The first-order chi connectivity index (χ1) is 14.4. The van der Waals surface area contributed by atoms with Gasteiger partial charge in [0.25, 0.3) is 5.91 Å². The van der Waals surface area contributed by atoms with Gasteiger partial charge in [-0.3, -0.25) is 4.79 Å². The first-order valence-corrected chi connectivity index (χ1v) is 9.18. The van der Waals surface area contributed by atoms with E-state index in [0.717, 1.165) is 5.56 Å². The van der Waals surface area contributed by atoms with E-state index in [1.165, 1.54) is 13.2 Å². The Hall–Kier alpha value is -3.94. The van der Waals surface area contributed by atoms with E-state index in [2.05, 4.69) is 10.3 Å². The highest BCUT2D eigenvalue weighted by molar-refractivity contribution is 5.96. The molecule has 1 aromatic heterocycles. The number of carbonyl (C=O) groups is 1. The average molecular weight is 407 g/mol. The van der Waals surface area contributed by atoms with Crippen molar-refractivity contribution in [3.05, 3.63) is 87.6 Å². The Morgan fingerprint density at radius 2 is 1.77 bits per heavy atom. The molecule has 8 heteroatoms. The number of pyridine rings is 1. The average Bonchev–Trinajstić information content (AvgIpc) is 2.73. The van der Waals surface area contributed by atoms with Gasteiger partial charge in [0, 0.05) is 12.5 Å². The number of nitro groups is 1. The predicted octanol–water partition coefficient (Wildman–Crippen LogP) is 4.37. The van der Waals surface area contributed by atoms with Crippen LogP contribution in [0.2, 0.25) is 0 Å². The van der Waals surface area contributed by atoms with Crippen molar-refractivity contribution in [3.8, 4) is 11.5 Å². The summed E-state index contributed by atoms with van der Waals surface area (Å²) in [6.45, 7) is 3.53. The number of nitrogens with one attached hydrogen (secondary N) is 1. The number of nitrogens with zero attached hydrogens (tertiary/aromatic N) is 2. The lowest BCUT2D eigenvalue weighted by Crippen LogP contribution is -2.26. The fourth-order valence-electron chi connectivity index (χ4n) is 2.90. The molecule has 3 aromatic rings. The Bertz CT molecular complexity index is 1070. The lowest BCUT2D eigenvalue weighted by atomic mass is 10.1. The smallest absolute Gasteiger partial charge is 0.406 e. The largest absolute Gasteiger partial charge is 0.495 e. The van der Waals surface area contributed by atoms with Gasteiger partial charge in [-0.25, -0.2) is 0 Å². The third-order valence-corrected chi connectivity index (χ3v) is 4.35. The maximum absolute atomic E-state index is 13.2. The Balaban J connectivity index is 1.98. The van der Waals surface area contributed by atoms with Crippen LogP contribution in [0.1, 0.15) is 22.9 Å². The van der Waals surface area contributed by atoms with Crippen LogP contribution in [0.3, 0.4) is 0 Å². The van der Waals surface area contributed by atoms with Gasteiger partial charge in [-0.15, -0.1) is 0 Å². The number of benzene rings is 2. The van der Waals surface area contributed by atoms with E-state index < -0.39 is 22.8 Å². The van der Waals surface area contributed by atoms with E-state index in [1.807, 2.05) is 13.0 Å². The second-order valence-corrected chi connectivity index (χ2v) is 6.63. The van der Waals surface area contributed by atoms with Crippen molar-refractivity contribution >= 4 is 17.4 Å². The highest BCUT2D eigenvalue weighted by Gasteiger charge is 2.28. The first kappa shape index (κ1) is 20.8. The van der Waals surface area contributed by atoms with Crippen LogP contribution < -0.4 is 14.8 Å². The van der Waals surface area contributed by atoms with E-state index in [4.69, 9.17) is 9.47 Å². The van der Waals surface area contributed by atoms with Gasteiger partial charge in [-0.05, 0) is 46.7 Å². The van der Waals surface area contributed by atoms with Crippen LogP contribution in [-0.2, 0) is 4.79 Å². The molecule has 1 unspecified atom stereocenters. The third-order valence-electron chi connectivity index (χ3n) is 4.35. The lowest BCUT2D eigenvalue weighted by Gasteiger charge is -2.20. The topological polar surface area (TPSA) is 104 Å². The molecule has 0 aliphatic heterocycles. The summed E-state index contributed by atoms with van der Waals surface area (Å²) in [5.41, 5.74) is 2.42. The molecule has 30 heavy (non-hydrogen) atoms. The number of methoxy groups -OCH3 is 1. The Kier molecular flexibility index (Phi) is 6.26. The summed E-state index contributed by atoms with van der Waals surface area (Å²) in [6.07, 6.45) is -1.14. The molecule has 1 atom stereocenters. The van der Waals surface area contributed by atoms with Crippen LogP contribution in [-0.4, -0.2) is 22.9 Å². The van der Waals surface area contributed by atoms with Crippen LogP contribution in [0.5, 0.6) is 11.5 Å². The van der Waals surface area contributed by atoms with Gasteiger partial charge in [0.2, 0.25) is 11.9 Å². The van der Waals surface area contributed by atoms with Crippen LogP contribution in [0.15, 0.2) is 60.7 Å². The van der Waals surface area contributed by atoms with Gasteiger partial charge in [0.15, 0.2) is 0 Å². The Labute approximate surface area is 173 Å². The number of aromatic nitrogens is 1. The van der Waals surface area contributed by atoms with E-state index in [1.54, 1.807) is 55.5 Å². The number of rotatable bonds is 7. The van der Waals surface area contributed by atoms with Crippen LogP contribution in [0, 0.1) is 24.0 Å². The van der Waals surface area contributed by atoms with E-state index >= 15 is 0 Å². The molecule has 0 saturated heterocycles. The highest BCUT2D eigenvalue weighted by Crippen LogP contribution is 2.32. The number of hydrogen-bond donors (Lipinski definition) is 1. The molecule has 0 saturated carbocycles. The molecule has 1 N–H and O–H groups in total. The summed E-state index contributed by atoms with van der Waals surface area (Å²) in [5, 5.41) is 14.2. The zero-order chi connectivity index (χ0) is 21.7. The molecule has 0 aliphatic carbocycles. The Morgan fingerprint density at radius 1 is 1.07 bits per heavy atom. The van der Waals surface area contributed by atoms with Gasteiger partial charge in [-0.1, -0.05) is 36.4 Å². The molecular formula is C22H21N3O5. The number of aryl methyl sites for hydroxylation is 2. The summed E-state index contributed by atoms with van der Waals surface area (Å²) < 4.78 is 11.1. The number of ether oxygens (including phenoxy) is 2. The van der Waals surface area contributed by atoms with Crippen molar-refractivity contribution in [2.45, 2.75) is 20.0 Å². The maximum Gasteiger partial charge on any atom is 0.406 e. The SMILES string of the molecule is COc1ccc(C)cc1NC(=O)C(Oc1ccc(C)nc1[N+](=O)[O-])c1ccccc1. The monoisotopic (exact) mass is 407 g/mol. The highest BCUT2D eigenvalue weighted by atomic mass is 16.6. The van der Waals surface area contributed by atoms with Gasteiger partial charge in [0.05, 0.1) is 12.8 Å². The predicted molar refractivity (Wildman–Crippen MR) is 112 cm³/mol. The zero-order valence-electron chi connectivity index (χ0n) is 16.8. The minimum absolute atomic E-state index is 0.0918. The second kappa shape index (κ2) is 9.04. The molecule has 0 spiro atoms. The van der Waals surface area contributed by atoms with E-state index in [9.17, 15) is 14.9 Å². The van der Waals surface area contributed by atoms with Crippen LogP contribution >= 0.6 is 0 Å². The number of hydrogen-bond acceptors (Lipinski definition) is 6. The summed E-state index contributed by atoms with van der Waals surface area (Å²) in [5.74, 6) is -0.550.